The molecule has 4 rings (SSSR count). The van der Waals surface area contributed by atoms with Crippen LogP contribution in [0.15, 0.2) is 73.4 Å². The first-order valence-electron chi connectivity index (χ1n) is 9.48. The third-order valence-electron chi connectivity index (χ3n) is 5.24. The molecule has 0 fully saturated rings. The predicted molar refractivity (Wildman–Crippen MR) is 116 cm³/mol. The van der Waals surface area contributed by atoms with E-state index < -0.39 is 0 Å². The molecule has 2 heterocycles. The highest BCUT2D eigenvalue weighted by atomic mass is 15.0. The number of nitrogens with one attached hydrogen (secondary N) is 3. The number of anilines is 1. The Morgan fingerprint density at radius 3 is 2.75 bits per heavy atom. The van der Waals surface area contributed by atoms with Crippen LogP contribution in [0.4, 0.5) is 5.69 Å². The zero-order valence-corrected chi connectivity index (χ0v) is 15.9. The number of hydrogen-bond acceptors (Lipinski definition) is 4. The Morgan fingerprint density at radius 1 is 1.14 bits per heavy atom. The molecule has 4 nitrogen and oxygen atoms in total. The van der Waals surface area contributed by atoms with Crippen LogP contribution in [0.5, 0.6) is 0 Å². The molecule has 0 saturated carbocycles. The van der Waals surface area contributed by atoms with Crippen LogP contribution in [0.2, 0.25) is 0 Å². The first-order chi connectivity index (χ1) is 13.7. The van der Waals surface area contributed by atoms with Gasteiger partial charge in [0.1, 0.15) is 0 Å². The van der Waals surface area contributed by atoms with Gasteiger partial charge in [0, 0.05) is 24.0 Å². The lowest BCUT2D eigenvalue weighted by Crippen LogP contribution is -2.33. The van der Waals surface area contributed by atoms with Crippen LogP contribution in [0.3, 0.4) is 0 Å². The molecule has 0 spiro atoms. The second-order valence-electron chi connectivity index (χ2n) is 7.02. The highest BCUT2D eigenvalue weighted by Gasteiger charge is 2.36. The van der Waals surface area contributed by atoms with Crippen molar-refractivity contribution in [2.24, 2.45) is 0 Å². The van der Waals surface area contributed by atoms with Gasteiger partial charge in [0.2, 0.25) is 0 Å². The molecule has 1 aromatic heterocycles. The smallest absolute Gasteiger partial charge is 0.0809 e. The lowest BCUT2D eigenvalue weighted by Gasteiger charge is -2.36. The summed E-state index contributed by atoms with van der Waals surface area (Å²) in [7, 11) is 1.94. The average molecular weight is 368 g/mol. The molecule has 3 aromatic rings. The van der Waals surface area contributed by atoms with Crippen molar-refractivity contribution in [1.82, 2.24) is 10.3 Å². The summed E-state index contributed by atoms with van der Waals surface area (Å²) in [6.07, 6.45) is 3.63. The number of rotatable bonds is 5. The van der Waals surface area contributed by atoms with Crippen LogP contribution in [-0.2, 0) is 6.54 Å². The van der Waals surface area contributed by atoms with E-state index in [0.29, 0.717) is 5.71 Å². The number of hydrogen-bond donors (Lipinski definition) is 3. The van der Waals surface area contributed by atoms with E-state index >= 15 is 0 Å². The van der Waals surface area contributed by atoms with Gasteiger partial charge in [0.05, 0.1) is 23.4 Å². The van der Waals surface area contributed by atoms with Crippen molar-refractivity contribution < 1.29 is 0 Å². The maximum absolute atomic E-state index is 9.13. The lowest BCUT2D eigenvalue weighted by molar-refractivity contribution is 0.682. The molecule has 0 amide bonds. The molecule has 2 unspecified atom stereocenters. The molecule has 0 radical (unpaired) electrons. The van der Waals surface area contributed by atoms with Gasteiger partial charge in [-0.3, -0.25) is 4.98 Å². The third-order valence-corrected chi connectivity index (χ3v) is 5.24. The monoisotopic (exact) mass is 368 g/mol. The first kappa shape index (κ1) is 18.1. The average Bonchev–Trinajstić information content (AvgIpc) is 2.74. The molecule has 28 heavy (non-hydrogen) atoms. The minimum Gasteiger partial charge on any atom is -0.375 e. The van der Waals surface area contributed by atoms with Crippen molar-refractivity contribution in [3.05, 3.63) is 101 Å². The van der Waals surface area contributed by atoms with Gasteiger partial charge in [-0.05, 0) is 41.9 Å². The van der Waals surface area contributed by atoms with Crippen molar-refractivity contribution in [3.8, 4) is 0 Å². The van der Waals surface area contributed by atoms with Crippen molar-refractivity contribution in [1.29, 1.82) is 5.41 Å². The van der Waals surface area contributed by atoms with E-state index in [2.05, 4.69) is 46.5 Å². The quantitative estimate of drug-likeness (QED) is 0.608. The van der Waals surface area contributed by atoms with Gasteiger partial charge in [0.25, 0.3) is 0 Å². The molecule has 0 bridgehead atoms. The van der Waals surface area contributed by atoms with Crippen molar-refractivity contribution in [2.75, 3.05) is 12.4 Å². The van der Waals surface area contributed by atoms with Crippen LogP contribution >= 0.6 is 0 Å². The van der Waals surface area contributed by atoms with Crippen LogP contribution in [0.25, 0.3) is 6.08 Å². The Labute approximate surface area is 165 Å². The van der Waals surface area contributed by atoms with Gasteiger partial charge >= 0.3 is 0 Å². The van der Waals surface area contributed by atoms with Crippen LogP contribution in [0, 0.1) is 5.41 Å². The van der Waals surface area contributed by atoms with Crippen molar-refractivity contribution in [3.63, 3.8) is 0 Å². The summed E-state index contributed by atoms with van der Waals surface area (Å²) in [6.45, 7) is 4.74. The number of nitrogens with zero attached hydrogens (tertiary/aromatic N) is 1. The summed E-state index contributed by atoms with van der Waals surface area (Å²) in [5.41, 5.74) is 6.72. The molecular weight excluding hydrogens is 344 g/mol. The Balaban J connectivity index is 1.88. The predicted octanol–water partition coefficient (Wildman–Crippen LogP) is 4.76. The molecular formula is C24H24N4. The van der Waals surface area contributed by atoms with Crippen LogP contribution < -0.4 is 10.6 Å². The highest BCUT2D eigenvalue weighted by Crippen LogP contribution is 2.43. The zero-order chi connectivity index (χ0) is 19.5. The summed E-state index contributed by atoms with van der Waals surface area (Å²) in [5.74, 6) is -0.139. The molecule has 0 saturated heterocycles. The van der Waals surface area contributed by atoms with Crippen LogP contribution in [0.1, 0.15) is 39.9 Å². The van der Waals surface area contributed by atoms with E-state index in [4.69, 9.17) is 5.41 Å². The molecule has 0 aliphatic carbocycles. The maximum Gasteiger partial charge on any atom is 0.0809 e. The van der Waals surface area contributed by atoms with Crippen molar-refractivity contribution >= 4 is 17.5 Å². The maximum atomic E-state index is 9.13. The molecule has 1 aliphatic heterocycles. The second kappa shape index (κ2) is 7.79. The number of aromatic nitrogens is 1. The summed E-state index contributed by atoms with van der Waals surface area (Å²) >= 11 is 0. The van der Waals surface area contributed by atoms with E-state index in [1.165, 1.54) is 5.56 Å². The van der Waals surface area contributed by atoms with E-state index in [1.807, 2.05) is 55.7 Å². The van der Waals surface area contributed by atoms with E-state index in [-0.39, 0.29) is 12.0 Å². The van der Waals surface area contributed by atoms with Gasteiger partial charge < -0.3 is 16.0 Å². The minimum absolute atomic E-state index is 0.105. The zero-order valence-electron chi connectivity index (χ0n) is 15.9. The molecule has 2 atom stereocenters. The number of fused-ring (bicyclic) bond motifs is 1. The normalized spacial score (nSPS) is 18.2. The first-order valence-corrected chi connectivity index (χ1v) is 9.48. The fraction of sp³-hybridized carbons (Fsp3) is 0.167. The minimum atomic E-state index is -0.139. The standard InChI is InChI=1S/C24H24N4/c1-3-17-9-7-12-19-21(17)23(25)22(18-10-6-8-16(14-18)15-26-2)24(28-19)20-11-4-5-13-27-20/h3-14,22,24-26,28H,1,15H2,2H3. The van der Waals surface area contributed by atoms with Crippen molar-refractivity contribution in [2.45, 2.75) is 18.5 Å². The SMILES string of the molecule is C=Cc1cccc2c1C(=N)C(c1cccc(CNC)c1)C(c1ccccn1)N2. The molecule has 3 N–H and O–H groups in total. The molecule has 140 valence electrons. The summed E-state index contributed by atoms with van der Waals surface area (Å²) in [6, 6.07) is 20.4. The highest BCUT2D eigenvalue weighted by molar-refractivity contribution is 6.11. The van der Waals surface area contributed by atoms with Gasteiger partial charge in [-0.25, -0.2) is 0 Å². The largest absolute Gasteiger partial charge is 0.375 e. The van der Waals surface area contributed by atoms with Crippen LogP contribution in [-0.4, -0.2) is 17.7 Å². The molecule has 4 heteroatoms. The number of benzene rings is 2. The number of pyridine rings is 1. The summed E-state index contributed by atoms with van der Waals surface area (Å²) in [5, 5.41) is 16.0. The second-order valence-corrected chi connectivity index (χ2v) is 7.02. The third kappa shape index (κ3) is 3.23. The summed E-state index contributed by atoms with van der Waals surface area (Å²) in [4.78, 5) is 4.60. The fourth-order valence-corrected chi connectivity index (χ4v) is 4.00. The van der Waals surface area contributed by atoms with Gasteiger partial charge in [-0.1, -0.05) is 55.1 Å². The fourth-order valence-electron chi connectivity index (χ4n) is 4.00. The Kier molecular flexibility index (Phi) is 5.04. The van der Waals surface area contributed by atoms with Gasteiger partial charge in [-0.2, -0.15) is 0 Å². The van der Waals surface area contributed by atoms with E-state index in [0.717, 1.165) is 34.6 Å². The van der Waals surface area contributed by atoms with E-state index in [1.54, 1.807) is 0 Å². The Hall–Kier alpha value is -3.24. The van der Waals surface area contributed by atoms with Gasteiger partial charge in [0.15, 0.2) is 0 Å². The molecule has 2 aromatic carbocycles. The molecule has 1 aliphatic rings. The topological polar surface area (TPSA) is 60.8 Å². The van der Waals surface area contributed by atoms with Gasteiger partial charge in [-0.15, -0.1) is 0 Å². The Bertz CT molecular complexity index is 1010. The lowest BCUT2D eigenvalue weighted by atomic mass is 9.77. The summed E-state index contributed by atoms with van der Waals surface area (Å²) < 4.78 is 0. The Morgan fingerprint density at radius 2 is 2.00 bits per heavy atom. The van der Waals surface area contributed by atoms with E-state index in [9.17, 15) is 0 Å².